The van der Waals surface area contributed by atoms with Crippen molar-refractivity contribution in [2.75, 3.05) is 0 Å². The van der Waals surface area contributed by atoms with Crippen molar-refractivity contribution in [2.45, 2.75) is 26.3 Å². The summed E-state index contributed by atoms with van der Waals surface area (Å²) in [6.45, 7) is 5.08. The molecule has 2 rings (SSSR count). The maximum Gasteiger partial charge on any atom is 0.331 e. The van der Waals surface area contributed by atoms with Gasteiger partial charge in [-0.05, 0) is 48.2 Å². The Kier molecular flexibility index (Phi) is 2.70. The Morgan fingerprint density at radius 3 is 2.76 bits per heavy atom. The quantitative estimate of drug-likeness (QED) is 0.895. The summed E-state index contributed by atoms with van der Waals surface area (Å²) < 4.78 is 1.34. The monoisotopic (exact) mass is 252 g/mol. The molecule has 7 heteroatoms. The van der Waals surface area contributed by atoms with Gasteiger partial charge in [-0.25, -0.2) is 9.48 Å². The number of carboxylic acid groups (broad SMARTS) is 1. The molecule has 2 aromatic heterocycles. The highest BCUT2D eigenvalue weighted by atomic mass is 32.1. The van der Waals surface area contributed by atoms with E-state index in [1.807, 2.05) is 18.4 Å². The molecule has 0 bridgehead atoms. The minimum atomic E-state index is -1.17. The number of carboxylic acids is 1. The first-order chi connectivity index (χ1) is 7.94. The summed E-state index contributed by atoms with van der Waals surface area (Å²) in [7, 11) is 0. The molecule has 0 radical (unpaired) electrons. The summed E-state index contributed by atoms with van der Waals surface area (Å²) in [5.74, 6) is -0.481. The molecule has 2 heterocycles. The van der Waals surface area contributed by atoms with Gasteiger partial charge in [-0.15, -0.1) is 16.4 Å². The fourth-order valence-electron chi connectivity index (χ4n) is 1.40. The van der Waals surface area contributed by atoms with Crippen LogP contribution in [0.25, 0.3) is 10.7 Å². The van der Waals surface area contributed by atoms with Gasteiger partial charge in [0.2, 0.25) is 0 Å². The largest absolute Gasteiger partial charge is 0.479 e. The van der Waals surface area contributed by atoms with Crippen LogP contribution in [-0.4, -0.2) is 31.3 Å². The zero-order valence-corrected chi connectivity index (χ0v) is 10.5. The van der Waals surface area contributed by atoms with Crippen LogP contribution < -0.4 is 0 Å². The van der Waals surface area contributed by atoms with Crippen molar-refractivity contribution >= 4 is 17.3 Å². The van der Waals surface area contributed by atoms with E-state index < -0.39 is 11.5 Å². The van der Waals surface area contributed by atoms with Gasteiger partial charge in [0.25, 0.3) is 0 Å². The molecule has 0 spiro atoms. The van der Waals surface area contributed by atoms with E-state index in [0.717, 1.165) is 10.4 Å². The summed E-state index contributed by atoms with van der Waals surface area (Å²) in [4.78, 5) is 12.1. The van der Waals surface area contributed by atoms with E-state index in [2.05, 4.69) is 15.5 Å². The van der Waals surface area contributed by atoms with Crippen LogP contribution >= 0.6 is 11.3 Å². The van der Waals surface area contributed by atoms with Crippen molar-refractivity contribution in [1.82, 2.24) is 20.2 Å². The zero-order chi connectivity index (χ0) is 12.6. The third-order valence-corrected chi connectivity index (χ3v) is 3.60. The summed E-state index contributed by atoms with van der Waals surface area (Å²) >= 11 is 1.49. The number of rotatable bonds is 3. The Labute approximate surface area is 102 Å². The molecule has 1 N–H and O–H groups in total. The van der Waals surface area contributed by atoms with E-state index in [1.165, 1.54) is 16.0 Å². The molecule has 0 saturated heterocycles. The maximum atomic E-state index is 11.2. The molecule has 0 aromatic carbocycles. The number of hydrogen-bond donors (Lipinski definition) is 1. The normalized spacial score (nSPS) is 11.7. The van der Waals surface area contributed by atoms with Crippen LogP contribution in [0.3, 0.4) is 0 Å². The number of carbonyl (C=O) groups is 1. The van der Waals surface area contributed by atoms with Gasteiger partial charge in [0.1, 0.15) is 0 Å². The molecule has 0 unspecified atom stereocenters. The van der Waals surface area contributed by atoms with Gasteiger partial charge < -0.3 is 5.11 Å². The standard InChI is InChI=1S/C10H12N4O2S/c1-6-4-5-17-7(6)8-11-12-13-14(8)10(2,3)9(15)16/h4-5H,1-3H3,(H,15,16). The van der Waals surface area contributed by atoms with Gasteiger partial charge in [0.05, 0.1) is 4.88 Å². The molecule has 0 aliphatic carbocycles. The van der Waals surface area contributed by atoms with E-state index in [0.29, 0.717) is 5.82 Å². The van der Waals surface area contributed by atoms with Crippen molar-refractivity contribution in [3.63, 3.8) is 0 Å². The van der Waals surface area contributed by atoms with Crippen LogP contribution in [0, 0.1) is 6.92 Å². The van der Waals surface area contributed by atoms with Crippen molar-refractivity contribution < 1.29 is 9.90 Å². The van der Waals surface area contributed by atoms with Crippen LogP contribution in [-0.2, 0) is 10.3 Å². The summed E-state index contributed by atoms with van der Waals surface area (Å²) in [6.07, 6.45) is 0. The Balaban J connectivity index is 2.57. The minimum Gasteiger partial charge on any atom is -0.479 e. The Morgan fingerprint density at radius 1 is 1.53 bits per heavy atom. The van der Waals surface area contributed by atoms with Crippen LogP contribution in [0.2, 0.25) is 0 Å². The Morgan fingerprint density at radius 2 is 2.24 bits per heavy atom. The third kappa shape index (κ3) is 1.82. The van der Waals surface area contributed by atoms with Crippen LogP contribution in [0.15, 0.2) is 11.4 Å². The first-order valence-electron chi connectivity index (χ1n) is 5.01. The van der Waals surface area contributed by atoms with Gasteiger partial charge in [-0.2, -0.15) is 0 Å². The van der Waals surface area contributed by atoms with Crippen molar-refractivity contribution in [2.24, 2.45) is 0 Å². The molecule has 0 fully saturated rings. The van der Waals surface area contributed by atoms with Crippen molar-refractivity contribution in [3.8, 4) is 10.7 Å². The summed E-state index contributed by atoms with van der Waals surface area (Å²) in [5, 5.41) is 22.4. The first kappa shape index (κ1) is 11.7. The van der Waals surface area contributed by atoms with Crippen molar-refractivity contribution in [3.05, 3.63) is 17.0 Å². The number of thiophene rings is 1. The molecular weight excluding hydrogens is 240 g/mol. The lowest BCUT2D eigenvalue weighted by atomic mass is 10.1. The highest BCUT2D eigenvalue weighted by Crippen LogP contribution is 2.29. The number of tetrazole rings is 1. The number of hydrogen-bond acceptors (Lipinski definition) is 5. The number of aliphatic carboxylic acids is 1. The first-order valence-corrected chi connectivity index (χ1v) is 5.89. The number of nitrogens with zero attached hydrogens (tertiary/aromatic N) is 4. The number of aryl methyl sites for hydroxylation is 1. The van der Waals surface area contributed by atoms with E-state index in [-0.39, 0.29) is 0 Å². The molecule has 90 valence electrons. The lowest BCUT2D eigenvalue weighted by molar-refractivity contribution is -0.146. The molecule has 0 atom stereocenters. The fraction of sp³-hybridized carbons (Fsp3) is 0.400. The fourth-order valence-corrected chi connectivity index (χ4v) is 2.29. The Hall–Kier alpha value is -1.76. The lowest BCUT2D eigenvalue weighted by Crippen LogP contribution is -2.37. The minimum absolute atomic E-state index is 0.491. The molecular formula is C10H12N4O2S. The molecule has 2 aromatic rings. The molecule has 0 aliphatic heterocycles. The van der Waals surface area contributed by atoms with E-state index in [9.17, 15) is 9.90 Å². The molecule has 0 amide bonds. The average molecular weight is 252 g/mol. The molecule has 0 aliphatic rings. The van der Waals surface area contributed by atoms with Gasteiger partial charge in [-0.3, -0.25) is 0 Å². The SMILES string of the molecule is Cc1ccsc1-c1nnnn1C(C)(C)C(=O)O. The van der Waals surface area contributed by atoms with Crippen molar-refractivity contribution in [1.29, 1.82) is 0 Å². The van der Waals surface area contributed by atoms with Crippen LogP contribution in [0.5, 0.6) is 0 Å². The highest BCUT2D eigenvalue weighted by molar-refractivity contribution is 7.13. The lowest BCUT2D eigenvalue weighted by Gasteiger charge is -2.20. The van der Waals surface area contributed by atoms with E-state index in [1.54, 1.807) is 13.8 Å². The van der Waals surface area contributed by atoms with Gasteiger partial charge >= 0.3 is 5.97 Å². The molecule has 0 saturated carbocycles. The summed E-state index contributed by atoms with van der Waals surface area (Å²) in [6, 6.07) is 1.95. The van der Waals surface area contributed by atoms with Gasteiger partial charge in [-0.1, -0.05) is 0 Å². The van der Waals surface area contributed by atoms with Gasteiger partial charge in [0.15, 0.2) is 11.4 Å². The highest BCUT2D eigenvalue weighted by Gasteiger charge is 2.34. The van der Waals surface area contributed by atoms with Gasteiger partial charge in [0, 0.05) is 0 Å². The van der Waals surface area contributed by atoms with Crippen LogP contribution in [0.4, 0.5) is 0 Å². The van der Waals surface area contributed by atoms with E-state index in [4.69, 9.17) is 0 Å². The van der Waals surface area contributed by atoms with E-state index >= 15 is 0 Å². The topological polar surface area (TPSA) is 80.9 Å². The smallest absolute Gasteiger partial charge is 0.331 e. The zero-order valence-electron chi connectivity index (χ0n) is 9.71. The summed E-state index contributed by atoms with van der Waals surface area (Å²) in [5.41, 5.74) is -0.137. The third-order valence-electron chi connectivity index (χ3n) is 2.59. The molecule has 17 heavy (non-hydrogen) atoms. The average Bonchev–Trinajstić information content (AvgIpc) is 2.84. The second kappa shape index (κ2) is 3.92. The Bertz CT molecular complexity index is 558. The maximum absolute atomic E-state index is 11.2. The second-order valence-electron chi connectivity index (χ2n) is 4.21. The molecule has 6 nitrogen and oxygen atoms in total. The second-order valence-corrected chi connectivity index (χ2v) is 5.13. The predicted octanol–water partition coefficient (Wildman–Crippen LogP) is 1.53. The van der Waals surface area contributed by atoms with Crippen LogP contribution in [0.1, 0.15) is 19.4 Å². The number of aromatic nitrogens is 4. The predicted molar refractivity (Wildman–Crippen MR) is 62.8 cm³/mol.